The number of allylic oxidation sites excluding steroid dienone is 4. The molecule has 1 aromatic carbocycles. The molecule has 0 spiro atoms. The van der Waals surface area contributed by atoms with Gasteiger partial charge < -0.3 is 15.2 Å². The zero-order valence-corrected chi connectivity index (χ0v) is 18.6. The molecule has 0 radical (unpaired) electrons. The average molecular weight is 426 g/mol. The maximum Gasteiger partial charge on any atom is 0.159 e. The van der Waals surface area contributed by atoms with Crippen LogP contribution in [0.2, 0.25) is 0 Å². The summed E-state index contributed by atoms with van der Waals surface area (Å²) in [5, 5.41) is 11.8. The Labute approximate surface area is 187 Å². The van der Waals surface area contributed by atoms with Crippen molar-refractivity contribution in [3.05, 3.63) is 85.0 Å². The van der Waals surface area contributed by atoms with Crippen LogP contribution in [-0.4, -0.2) is 50.7 Å². The number of para-hydroxylation sites is 2. The van der Waals surface area contributed by atoms with E-state index >= 15 is 0 Å². The number of hydrogen-bond donors (Lipinski definition) is 3. The molecule has 162 valence electrons. The Morgan fingerprint density at radius 1 is 1.22 bits per heavy atom. The third kappa shape index (κ3) is 4.38. The van der Waals surface area contributed by atoms with Crippen LogP contribution < -0.4 is 5.32 Å². The molecule has 7 nitrogen and oxygen atoms in total. The minimum absolute atomic E-state index is 0.723. The summed E-state index contributed by atoms with van der Waals surface area (Å²) < 4.78 is 0. The predicted octanol–water partition coefficient (Wildman–Crippen LogP) is 4.64. The number of pyridine rings is 1. The van der Waals surface area contributed by atoms with Crippen LogP contribution in [0.5, 0.6) is 0 Å². The lowest BCUT2D eigenvalue weighted by atomic mass is 10.1. The van der Waals surface area contributed by atoms with Gasteiger partial charge in [-0.25, -0.2) is 4.98 Å². The van der Waals surface area contributed by atoms with E-state index < -0.39 is 0 Å². The molecule has 0 amide bonds. The van der Waals surface area contributed by atoms with Crippen LogP contribution in [0, 0.1) is 0 Å². The first-order chi connectivity index (χ1) is 15.5. The van der Waals surface area contributed by atoms with E-state index in [-0.39, 0.29) is 0 Å². The van der Waals surface area contributed by atoms with Gasteiger partial charge in [-0.2, -0.15) is 5.10 Å². The number of aromatic amines is 2. The molecule has 7 heteroatoms. The predicted molar refractivity (Wildman–Crippen MR) is 132 cm³/mol. The molecular weight excluding hydrogens is 398 g/mol. The van der Waals surface area contributed by atoms with Crippen molar-refractivity contribution in [2.24, 2.45) is 0 Å². The van der Waals surface area contributed by atoms with Crippen LogP contribution in [0.1, 0.15) is 12.6 Å². The maximum atomic E-state index is 4.70. The average Bonchev–Trinajstić information content (AvgIpc) is 3.39. The number of H-pyrrole nitrogens is 2. The molecule has 3 N–H and O–H groups in total. The molecule has 3 aromatic heterocycles. The largest absolute Gasteiger partial charge is 0.358 e. The van der Waals surface area contributed by atoms with Crippen molar-refractivity contribution in [3.63, 3.8) is 0 Å². The van der Waals surface area contributed by atoms with Crippen molar-refractivity contribution in [1.82, 2.24) is 35.4 Å². The van der Waals surface area contributed by atoms with Gasteiger partial charge in [0.2, 0.25) is 0 Å². The lowest BCUT2D eigenvalue weighted by molar-refractivity contribution is 0.438. The molecule has 4 aromatic rings. The van der Waals surface area contributed by atoms with Crippen LogP contribution in [-0.2, 0) is 0 Å². The summed E-state index contributed by atoms with van der Waals surface area (Å²) in [5.74, 6) is 0.723. The topological polar surface area (TPSA) is 85.5 Å². The van der Waals surface area contributed by atoms with E-state index in [1.165, 1.54) is 0 Å². The number of aromatic nitrogens is 5. The summed E-state index contributed by atoms with van der Waals surface area (Å²) in [7, 11) is 4.01. The number of imidazole rings is 1. The molecule has 3 heterocycles. The summed E-state index contributed by atoms with van der Waals surface area (Å²) >= 11 is 0. The van der Waals surface area contributed by atoms with E-state index in [1.807, 2.05) is 63.5 Å². The van der Waals surface area contributed by atoms with Crippen molar-refractivity contribution in [2.45, 2.75) is 6.92 Å². The SMILES string of the molecule is C=C/C(=C\C(=C/C)c1cc2c(-c3nc4ccccc4[nH]3)n[nH]c2cn1)NC(=C)CN(C)C. The molecule has 4 rings (SSSR count). The van der Waals surface area contributed by atoms with E-state index in [2.05, 4.69) is 43.5 Å². The van der Waals surface area contributed by atoms with Crippen molar-refractivity contribution in [2.75, 3.05) is 20.6 Å². The Kier molecular flexibility index (Phi) is 6.00. The molecule has 0 bridgehead atoms. The van der Waals surface area contributed by atoms with Crippen molar-refractivity contribution >= 4 is 27.5 Å². The second-order valence-electron chi connectivity index (χ2n) is 7.80. The fourth-order valence-corrected chi connectivity index (χ4v) is 3.56. The summed E-state index contributed by atoms with van der Waals surface area (Å²) in [6.45, 7) is 10.7. The van der Waals surface area contributed by atoms with Crippen LogP contribution in [0.3, 0.4) is 0 Å². The Bertz CT molecular complexity index is 1320. The third-order valence-corrected chi connectivity index (χ3v) is 5.03. The van der Waals surface area contributed by atoms with Gasteiger partial charge in [0.15, 0.2) is 5.82 Å². The Balaban J connectivity index is 1.69. The molecule has 0 aliphatic carbocycles. The zero-order valence-electron chi connectivity index (χ0n) is 18.6. The monoisotopic (exact) mass is 425 g/mol. The first-order valence-corrected chi connectivity index (χ1v) is 10.4. The number of nitrogens with one attached hydrogen (secondary N) is 3. The molecule has 0 saturated carbocycles. The van der Waals surface area contributed by atoms with Gasteiger partial charge in [-0.3, -0.25) is 10.1 Å². The van der Waals surface area contributed by atoms with E-state index in [4.69, 9.17) is 4.98 Å². The molecule has 0 unspecified atom stereocenters. The summed E-state index contributed by atoms with van der Waals surface area (Å²) in [6, 6.07) is 9.97. The van der Waals surface area contributed by atoms with Gasteiger partial charge in [0.1, 0.15) is 5.69 Å². The Morgan fingerprint density at radius 2 is 2.03 bits per heavy atom. The third-order valence-electron chi connectivity index (χ3n) is 5.03. The van der Waals surface area contributed by atoms with E-state index in [9.17, 15) is 0 Å². The zero-order chi connectivity index (χ0) is 22.7. The first-order valence-electron chi connectivity index (χ1n) is 10.4. The second-order valence-corrected chi connectivity index (χ2v) is 7.80. The van der Waals surface area contributed by atoms with Gasteiger partial charge in [-0.15, -0.1) is 0 Å². The van der Waals surface area contributed by atoms with E-state index in [1.54, 1.807) is 12.3 Å². The first kappa shape index (κ1) is 21.3. The molecule has 0 atom stereocenters. The molecule has 32 heavy (non-hydrogen) atoms. The van der Waals surface area contributed by atoms with Crippen LogP contribution in [0.15, 0.2) is 79.3 Å². The van der Waals surface area contributed by atoms with Crippen LogP contribution in [0.25, 0.3) is 39.0 Å². The van der Waals surface area contributed by atoms with Gasteiger partial charge in [-0.1, -0.05) is 31.4 Å². The molecule has 0 aliphatic heterocycles. The lowest BCUT2D eigenvalue weighted by Crippen LogP contribution is -2.23. The summed E-state index contributed by atoms with van der Waals surface area (Å²) in [4.78, 5) is 14.7. The van der Waals surface area contributed by atoms with Gasteiger partial charge in [0.05, 0.1) is 28.4 Å². The molecule has 0 saturated heterocycles. The second kappa shape index (κ2) is 9.03. The van der Waals surface area contributed by atoms with Gasteiger partial charge in [-0.05, 0) is 56.9 Å². The normalized spacial score (nSPS) is 12.6. The van der Waals surface area contributed by atoms with Crippen LogP contribution in [0.4, 0.5) is 0 Å². The Hall–Kier alpha value is -3.97. The number of hydrogen-bond acceptors (Lipinski definition) is 5. The van der Waals surface area contributed by atoms with Crippen molar-refractivity contribution < 1.29 is 0 Å². The standard InChI is InChI=1S/C25H27N7/c1-6-17(12-18(7-2)27-16(3)15-32(4)5)22-13-19-23(14-26-22)30-31-24(19)25-28-20-10-8-9-11-21(20)29-25/h6-14,27H,2-3,15H2,1,4-5H3,(H,28,29)(H,30,31)/b17-6+,18-12+. The summed E-state index contributed by atoms with van der Waals surface area (Å²) in [5.41, 5.74) is 7.04. The highest BCUT2D eigenvalue weighted by Crippen LogP contribution is 2.28. The van der Waals surface area contributed by atoms with Crippen molar-refractivity contribution in [3.8, 4) is 11.5 Å². The maximum absolute atomic E-state index is 4.70. The van der Waals surface area contributed by atoms with Gasteiger partial charge >= 0.3 is 0 Å². The number of benzene rings is 1. The number of likely N-dealkylation sites (N-methyl/N-ethyl adjacent to an activating group) is 1. The highest BCUT2D eigenvalue weighted by atomic mass is 15.1. The lowest BCUT2D eigenvalue weighted by Gasteiger charge is -2.15. The van der Waals surface area contributed by atoms with E-state index in [0.29, 0.717) is 0 Å². The fraction of sp³-hybridized carbons (Fsp3) is 0.160. The quantitative estimate of drug-likeness (QED) is 0.358. The fourth-order valence-electron chi connectivity index (χ4n) is 3.56. The molecule has 0 aliphatic rings. The minimum Gasteiger partial charge on any atom is -0.358 e. The highest BCUT2D eigenvalue weighted by Gasteiger charge is 2.14. The number of rotatable bonds is 8. The molecule has 0 fully saturated rings. The van der Waals surface area contributed by atoms with E-state index in [0.717, 1.165) is 62.7 Å². The van der Waals surface area contributed by atoms with Gasteiger partial charge in [0, 0.05) is 23.3 Å². The van der Waals surface area contributed by atoms with Gasteiger partial charge in [0.25, 0.3) is 0 Å². The molecular formula is C25H27N7. The highest BCUT2D eigenvalue weighted by molar-refractivity contribution is 5.94. The van der Waals surface area contributed by atoms with Crippen molar-refractivity contribution in [1.29, 1.82) is 0 Å². The number of nitrogens with zero attached hydrogens (tertiary/aromatic N) is 4. The van der Waals surface area contributed by atoms with Crippen LogP contribution >= 0.6 is 0 Å². The number of fused-ring (bicyclic) bond motifs is 2. The smallest absolute Gasteiger partial charge is 0.159 e. The summed E-state index contributed by atoms with van der Waals surface area (Å²) in [6.07, 6.45) is 7.62. The Morgan fingerprint density at radius 3 is 2.75 bits per heavy atom. The minimum atomic E-state index is 0.723.